The molecular weight excluding hydrogens is 454 g/mol. The summed E-state index contributed by atoms with van der Waals surface area (Å²) in [6.45, 7) is 0.693. The van der Waals surface area contributed by atoms with Crippen LogP contribution in [0.4, 0.5) is 0 Å². The molecule has 0 aliphatic heterocycles. The van der Waals surface area contributed by atoms with Gasteiger partial charge in [0.25, 0.3) is 0 Å². The van der Waals surface area contributed by atoms with E-state index in [0.29, 0.717) is 41.6 Å². The van der Waals surface area contributed by atoms with Crippen molar-refractivity contribution in [1.82, 2.24) is 13.9 Å². The number of aryl methyl sites for hydroxylation is 2. The third kappa shape index (κ3) is 5.79. The number of sulfonamides is 1. The van der Waals surface area contributed by atoms with Gasteiger partial charge < -0.3 is 14.0 Å². The van der Waals surface area contributed by atoms with Crippen molar-refractivity contribution >= 4 is 38.6 Å². The van der Waals surface area contributed by atoms with Gasteiger partial charge in [0.1, 0.15) is 11.6 Å². The molecule has 0 amide bonds. The fourth-order valence-corrected chi connectivity index (χ4v) is 4.12. The summed E-state index contributed by atoms with van der Waals surface area (Å²) in [5.74, 6) is 1.07. The topological polar surface area (TPSA) is 90.7 Å². The zero-order chi connectivity index (χ0) is 23.3. The molecule has 10 heteroatoms. The molecule has 1 heterocycles. The van der Waals surface area contributed by atoms with Gasteiger partial charge in [0.15, 0.2) is 0 Å². The summed E-state index contributed by atoms with van der Waals surface area (Å²) in [6, 6.07) is 11.9. The number of carbonyl (C=O) groups is 1. The summed E-state index contributed by atoms with van der Waals surface area (Å²) in [6.07, 6.45) is 1.14. The van der Waals surface area contributed by atoms with E-state index < -0.39 is 10.0 Å². The highest BCUT2D eigenvalue weighted by Crippen LogP contribution is 2.22. The van der Waals surface area contributed by atoms with Crippen molar-refractivity contribution in [1.29, 1.82) is 0 Å². The molecule has 0 N–H and O–H groups in total. The predicted octanol–water partition coefficient (Wildman–Crippen LogP) is 3.42. The Bertz CT molecular complexity index is 1190. The van der Waals surface area contributed by atoms with E-state index in [1.807, 2.05) is 11.6 Å². The highest BCUT2D eigenvalue weighted by atomic mass is 35.5. The van der Waals surface area contributed by atoms with Gasteiger partial charge in [-0.3, -0.25) is 4.79 Å². The number of imidazole rings is 1. The molecule has 32 heavy (non-hydrogen) atoms. The molecule has 3 rings (SSSR count). The molecule has 1 aromatic heterocycles. The van der Waals surface area contributed by atoms with E-state index >= 15 is 0 Å². The van der Waals surface area contributed by atoms with Gasteiger partial charge in [-0.25, -0.2) is 17.7 Å². The van der Waals surface area contributed by atoms with Gasteiger partial charge >= 0.3 is 5.97 Å². The van der Waals surface area contributed by atoms with Crippen LogP contribution in [0.1, 0.15) is 18.7 Å². The molecule has 3 aromatic rings. The zero-order valence-corrected chi connectivity index (χ0v) is 19.8. The fraction of sp³-hybridized carbons (Fsp3) is 0.364. The average molecular weight is 480 g/mol. The van der Waals surface area contributed by atoms with Crippen molar-refractivity contribution in [3.05, 3.63) is 53.3 Å². The Morgan fingerprint density at radius 3 is 2.53 bits per heavy atom. The van der Waals surface area contributed by atoms with E-state index in [9.17, 15) is 13.2 Å². The lowest BCUT2D eigenvalue weighted by molar-refractivity contribution is -0.143. The number of hydrogen-bond acceptors (Lipinski definition) is 6. The molecule has 0 saturated carbocycles. The third-order valence-electron chi connectivity index (χ3n) is 4.91. The molecule has 0 radical (unpaired) electrons. The first-order valence-electron chi connectivity index (χ1n) is 10.1. The number of esters is 1. The first-order valence-corrected chi connectivity index (χ1v) is 11.9. The maximum Gasteiger partial charge on any atom is 0.306 e. The smallest absolute Gasteiger partial charge is 0.306 e. The Hall–Kier alpha value is -2.62. The highest BCUT2D eigenvalue weighted by Gasteiger charge is 2.19. The molecule has 0 fully saturated rings. The maximum atomic E-state index is 12.3. The van der Waals surface area contributed by atoms with Crippen LogP contribution >= 0.6 is 11.6 Å². The van der Waals surface area contributed by atoms with Crippen molar-refractivity contribution in [2.45, 2.75) is 24.2 Å². The SMILES string of the molecule is CN(C)S(=O)(=O)c1ccc2c(c1)nc(CCC(=O)OCCCOc1ccc(Cl)cc1)n2C. The van der Waals surface area contributed by atoms with E-state index in [0.717, 1.165) is 9.82 Å². The molecule has 0 aliphatic carbocycles. The Morgan fingerprint density at radius 2 is 1.84 bits per heavy atom. The number of fused-ring (bicyclic) bond motifs is 1. The van der Waals surface area contributed by atoms with E-state index in [1.165, 1.54) is 14.1 Å². The van der Waals surface area contributed by atoms with E-state index in [2.05, 4.69) is 4.98 Å². The number of benzene rings is 2. The van der Waals surface area contributed by atoms with Crippen LogP contribution in [0, 0.1) is 0 Å². The molecule has 0 aliphatic rings. The van der Waals surface area contributed by atoms with Gasteiger partial charge in [-0.2, -0.15) is 0 Å². The first kappa shape index (κ1) is 24.0. The average Bonchev–Trinajstić information content (AvgIpc) is 3.08. The van der Waals surface area contributed by atoms with Gasteiger partial charge in [-0.1, -0.05) is 11.6 Å². The van der Waals surface area contributed by atoms with Crippen LogP contribution in [0.3, 0.4) is 0 Å². The minimum atomic E-state index is -3.54. The number of aromatic nitrogens is 2. The predicted molar refractivity (Wildman–Crippen MR) is 122 cm³/mol. The summed E-state index contributed by atoms with van der Waals surface area (Å²) in [5, 5.41) is 0.644. The quantitative estimate of drug-likeness (QED) is 0.327. The van der Waals surface area contributed by atoms with Crippen LogP contribution < -0.4 is 4.74 Å². The van der Waals surface area contributed by atoms with Gasteiger partial charge in [0.05, 0.1) is 35.6 Å². The van der Waals surface area contributed by atoms with Crippen LogP contribution in [0.2, 0.25) is 5.02 Å². The lowest BCUT2D eigenvalue weighted by Crippen LogP contribution is -2.22. The summed E-state index contributed by atoms with van der Waals surface area (Å²) in [4.78, 5) is 16.8. The Balaban J connectivity index is 1.49. The lowest BCUT2D eigenvalue weighted by Gasteiger charge is -2.10. The summed E-state index contributed by atoms with van der Waals surface area (Å²) in [5.41, 5.74) is 1.36. The number of halogens is 1. The van der Waals surface area contributed by atoms with Crippen LogP contribution in [0.5, 0.6) is 5.75 Å². The Kier molecular flexibility index (Phi) is 7.76. The van der Waals surface area contributed by atoms with Gasteiger partial charge in [0, 0.05) is 39.0 Å². The van der Waals surface area contributed by atoms with E-state index in [-0.39, 0.29) is 23.9 Å². The third-order valence-corrected chi connectivity index (χ3v) is 6.97. The van der Waals surface area contributed by atoms with Crippen molar-refractivity contribution in [3.63, 3.8) is 0 Å². The number of ether oxygens (including phenoxy) is 2. The van der Waals surface area contributed by atoms with Gasteiger partial charge in [-0.15, -0.1) is 0 Å². The minimum absolute atomic E-state index is 0.179. The van der Waals surface area contributed by atoms with Crippen LogP contribution in [0.25, 0.3) is 11.0 Å². The van der Waals surface area contributed by atoms with Gasteiger partial charge in [0.2, 0.25) is 10.0 Å². The second-order valence-corrected chi connectivity index (χ2v) is 9.99. The number of carbonyl (C=O) groups excluding carboxylic acids is 1. The standard InChI is InChI=1S/C22H26ClN3O5S/c1-25(2)32(28,29)18-9-10-20-19(15-18)24-21(26(20)3)11-12-22(27)31-14-4-13-30-17-7-5-16(23)6-8-17/h5-10,15H,4,11-14H2,1-3H3. The molecule has 0 saturated heterocycles. The van der Waals surface area contributed by atoms with Crippen LogP contribution in [-0.2, 0) is 33.0 Å². The lowest BCUT2D eigenvalue weighted by atomic mass is 10.3. The molecule has 172 valence electrons. The Labute approximate surface area is 192 Å². The number of hydrogen-bond donors (Lipinski definition) is 0. The van der Waals surface area contributed by atoms with Crippen molar-refractivity contribution in [2.75, 3.05) is 27.3 Å². The minimum Gasteiger partial charge on any atom is -0.493 e. The summed E-state index contributed by atoms with van der Waals surface area (Å²) >= 11 is 5.83. The summed E-state index contributed by atoms with van der Waals surface area (Å²) in [7, 11) is 1.27. The molecule has 8 nitrogen and oxygen atoms in total. The molecule has 0 atom stereocenters. The fourth-order valence-electron chi connectivity index (χ4n) is 3.08. The van der Waals surface area contributed by atoms with Crippen molar-refractivity contribution < 1.29 is 22.7 Å². The molecular formula is C22H26ClN3O5S. The van der Waals surface area contributed by atoms with Crippen LogP contribution in [0.15, 0.2) is 47.4 Å². The molecule has 0 bridgehead atoms. The molecule has 0 spiro atoms. The van der Waals surface area contributed by atoms with Crippen molar-refractivity contribution in [2.24, 2.45) is 7.05 Å². The Morgan fingerprint density at radius 1 is 1.12 bits per heavy atom. The van der Waals surface area contributed by atoms with Crippen LogP contribution in [-0.4, -0.2) is 55.6 Å². The van der Waals surface area contributed by atoms with E-state index in [4.69, 9.17) is 21.1 Å². The van der Waals surface area contributed by atoms with Crippen molar-refractivity contribution in [3.8, 4) is 5.75 Å². The zero-order valence-electron chi connectivity index (χ0n) is 18.2. The number of nitrogens with zero attached hydrogens (tertiary/aromatic N) is 3. The molecule has 0 unspecified atom stereocenters. The van der Waals surface area contributed by atoms with Gasteiger partial charge in [-0.05, 0) is 42.5 Å². The normalized spacial score (nSPS) is 11.8. The maximum absolute atomic E-state index is 12.3. The molecule has 2 aromatic carbocycles. The second-order valence-electron chi connectivity index (χ2n) is 7.40. The summed E-state index contributed by atoms with van der Waals surface area (Å²) < 4.78 is 38.5. The monoisotopic (exact) mass is 479 g/mol. The number of rotatable bonds is 10. The van der Waals surface area contributed by atoms with E-state index in [1.54, 1.807) is 42.5 Å². The largest absolute Gasteiger partial charge is 0.493 e. The first-order chi connectivity index (χ1) is 15.2. The highest BCUT2D eigenvalue weighted by molar-refractivity contribution is 7.89. The second kappa shape index (κ2) is 10.3.